The minimum absolute atomic E-state index is 0. The molecule has 1 aliphatic rings. The second-order valence-corrected chi connectivity index (χ2v) is 6.40. The highest BCUT2D eigenvalue weighted by molar-refractivity contribution is 6.04. The monoisotopic (exact) mass is 440 g/mol. The highest BCUT2D eigenvalue weighted by atomic mass is 35.5. The van der Waals surface area contributed by atoms with Crippen molar-refractivity contribution in [2.24, 2.45) is 11.7 Å². The Morgan fingerprint density at radius 2 is 1.86 bits per heavy atom. The molecule has 2 heterocycles. The first kappa shape index (κ1) is 24.6. The molecule has 1 aromatic heterocycles. The third kappa shape index (κ3) is 6.56. The van der Waals surface area contributed by atoms with Gasteiger partial charge in [-0.3, -0.25) is 14.6 Å². The maximum Gasteiger partial charge on any atom is 0.253 e. The van der Waals surface area contributed by atoms with E-state index < -0.39 is 0 Å². The molecule has 0 unspecified atom stereocenters. The summed E-state index contributed by atoms with van der Waals surface area (Å²) < 4.78 is 0. The first-order chi connectivity index (χ1) is 13.2. The Kier molecular flexibility index (Phi) is 10.4. The van der Waals surface area contributed by atoms with Crippen molar-refractivity contribution < 1.29 is 9.59 Å². The van der Waals surface area contributed by atoms with E-state index in [2.05, 4.69) is 25.5 Å². The van der Waals surface area contributed by atoms with Gasteiger partial charge in [-0.15, -0.1) is 24.8 Å². The van der Waals surface area contributed by atoms with Crippen LogP contribution in [0.3, 0.4) is 0 Å². The van der Waals surface area contributed by atoms with Crippen LogP contribution in [-0.2, 0) is 4.79 Å². The van der Waals surface area contributed by atoms with Crippen molar-refractivity contribution in [3.05, 3.63) is 48.4 Å². The van der Waals surface area contributed by atoms with E-state index in [1.165, 1.54) is 0 Å². The Bertz CT molecular complexity index is 785. The van der Waals surface area contributed by atoms with Gasteiger partial charge in [-0.2, -0.15) is 0 Å². The molecule has 4 N–H and O–H groups in total. The van der Waals surface area contributed by atoms with Crippen LogP contribution >= 0.6 is 24.8 Å². The van der Waals surface area contributed by atoms with Gasteiger partial charge in [0.1, 0.15) is 5.82 Å². The van der Waals surface area contributed by atoms with E-state index in [0.717, 1.165) is 31.7 Å². The van der Waals surface area contributed by atoms with Gasteiger partial charge in [0.2, 0.25) is 5.91 Å². The van der Waals surface area contributed by atoms with Crippen molar-refractivity contribution in [2.75, 3.05) is 36.4 Å². The average molecular weight is 441 g/mol. The summed E-state index contributed by atoms with van der Waals surface area (Å²) in [5.41, 5.74) is 6.39. The minimum Gasteiger partial charge on any atom is -0.355 e. The van der Waals surface area contributed by atoms with E-state index in [4.69, 9.17) is 5.73 Å². The van der Waals surface area contributed by atoms with E-state index in [1.54, 1.807) is 42.9 Å². The van der Waals surface area contributed by atoms with Gasteiger partial charge in [0, 0.05) is 44.5 Å². The van der Waals surface area contributed by atoms with Gasteiger partial charge < -0.3 is 21.3 Å². The predicted molar refractivity (Wildman–Crippen MR) is 118 cm³/mol. The van der Waals surface area contributed by atoms with E-state index in [-0.39, 0.29) is 42.5 Å². The molecule has 158 valence electrons. The first-order valence-corrected chi connectivity index (χ1v) is 9.08. The van der Waals surface area contributed by atoms with Gasteiger partial charge in [0.15, 0.2) is 0 Å². The summed E-state index contributed by atoms with van der Waals surface area (Å²) in [5, 5.41) is 5.65. The fourth-order valence-electron chi connectivity index (χ4n) is 3.13. The van der Waals surface area contributed by atoms with E-state index in [1.807, 2.05) is 0 Å². The van der Waals surface area contributed by atoms with Crippen LogP contribution in [0, 0.1) is 5.92 Å². The Balaban J connectivity index is 0.00000210. The molecule has 2 amide bonds. The Hall–Kier alpha value is -2.42. The van der Waals surface area contributed by atoms with Crippen LogP contribution in [-0.4, -0.2) is 48.0 Å². The molecule has 2 aromatic rings. The van der Waals surface area contributed by atoms with Gasteiger partial charge in [-0.25, -0.2) is 4.98 Å². The zero-order valence-corrected chi connectivity index (χ0v) is 17.5. The molecule has 1 saturated heterocycles. The molecule has 0 radical (unpaired) electrons. The number of amides is 2. The summed E-state index contributed by atoms with van der Waals surface area (Å²) in [6.07, 6.45) is 6.50. The molecule has 0 spiro atoms. The lowest BCUT2D eigenvalue weighted by molar-refractivity contribution is -0.120. The molecular formula is C19H26Cl2N6O2. The number of para-hydroxylation sites is 1. The zero-order chi connectivity index (χ0) is 19.1. The molecule has 0 atom stereocenters. The highest BCUT2D eigenvalue weighted by Crippen LogP contribution is 2.23. The topological polar surface area (TPSA) is 113 Å². The summed E-state index contributed by atoms with van der Waals surface area (Å²) in [6.45, 7) is 2.25. The van der Waals surface area contributed by atoms with Crippen LogP contribution in [0.4, 0.5) is 11.5 Å². The van der Waals surface area contributed by atoms with Crippen molar-refractivity contribution in [3.63, 3.8) is 0 Å². The third-order valence-electron chi connectivity index (χ3n) is 4.60. The number of nitrogens with zero attached hydrogens (tertiary/aromatic N) is 3. The quantitative estimate of drug-likeness (QED) is 0.631. The number of piperidine rings is 1. The number of carbonyl (C=O) groups excluding carboxylic acids is 2. The molecule has 3 rings (SSSR count). The van der Waals surface area contributed by atoms with Crippen LogP contribution in [0.15, 0.2) is 42.9 Å². The molecule has 1 fully saturated rings. The van der Waals surface area contributed by atoms with Gasteiger partial charge >= 0.3 is 0 Å². The van der Waals surface area contributed by atoms with Gasteiger partial charge in [-0.1, -0.05) is 12.1 Å². The van der Waals surface area contributed by atoms with E-state index in [9.17, 15) is 9.59 Å². The largest absolute Gasteiger partial charge is 0.355 e. The minimum atomic E-state index is -0.242. The van der Waals surface area contributed by atoms with Crippen molar-refractivity contribution >= 4 is 48.1 Å². The average Bonchev–Trinajstić information content (AvgIpc) is 2.73. The Labute approximate surface area is 182 Å². The molecule has 1 aromatic carbocycles. The van der Waals surface area contributed by atoms with Crippen LogP contribution in [0.25, 0.3) is 0 Å². The molecule has 0 aliphatic carbocycles. The Morgan fingerprint density at radius 3 is 2.52 bits per heavy atom. The molecular weight excluding hydrogens is 415 g/mol. The SMILES string of the molecule is Cl.Cl.NCCNC(=O)c1ccccc1NC(=O)C1CCN(c2cnccn2)CC1. The smallest absolute Gasteiger partial charge is 0.253 e. The highest BCUT2D eigenvalue weighted by Gasteiger charge is 2.26. The summed E-state index contributed by atoms with van der Waals surface area (Å²) in [5.74, 6) is 0.429. The van der Waals surface area contributed by atoms with Gasteiger partial charge in [-0.05, 0) is 25.0 Å². The standard InChI is InChI=1S/C19H24N6O2.2ClH/c20-7-8-23-19(27)15-3-1-2-4-16(15)24-18(26)14-5-11-25(12-6-14)17-13-21-9-10-22-17;;/h1-4,9-10,13-14H,5-8,11-12,20H2,(H,23,27)(H,24,26);2*1H. The van der Waals surface area contributed by atoms with Crippen molar-refractivity contribution in [2.45, 2.75) is 12.8 Å². The maximum atomic E-state index is 12.7. The lowest BCUT2D eigenvalue weighted by Crippen LogP contribution is -2.39. The first-order valence-electron chi connectivity index (χ1n) is 9.08. The number of aromatic nitrogens is 2. The fraction of sp³-hybridized carbons (Fsp3) is 0.368. The summed E-state index contributed by atoms with van der Waals surface area (Å²) in [6, 6.07) is 7.00. The van der Waals surface area contributed by atoms with Crippen LogP contribution in [0.2, 0.25) is 0 Å². The number of hydrogen-bond donors (Lipinski definition) is 3. The normalized spacial score (nSPS) is 13.6. The number of carbonyl (C=O) groups is 2. The summed E-state index contributed by atoms with van der Waals surface area (Å²) in [7, 11) is 0. The molecule has 10 heteroatoms. The number of anilines is 2. The zero-order valence-electron chi connectivity index (χ0n) is 15.9. The molecule has 0 bridgehead atoms. The molecule has 8 nitrogen and oxygen atoms in total. The predicted octanol–water partition coefficient (Wildman–Crippen LogP) is 1.86. The number of hydrogen-bond acceptors (Lipinski definition) is 6. The van der Waals surface area contributed by atoms with Crippen LogP contribution < -0.4 is 21.3 Å². The number of nitrogens with two attached hydrogens (primary N) is 1. The number of halogens is 2. The lowest BCUT2D eigenvalue weighted by Gasteiger charge is -2.31. The molecule has 1 aliphatic heterocycles. The second-order valence-electron chi connectivity index (χ2n) is 6.40. The molecule has 0 saturated carbocycles. The third-order valence-corrected chi connectivity index (χ3v) is 4.60. The van der Waals surface area contributed by atoms with Crippen molar-refractivity contribution in [1.29, 1.82) is 0 Å². The second kappa shape index (κ2) is 12.2. The van der Waals surface area contributed by atoms with Gasteiger partial charge in [0.25, 0.3) is 5.91 Å². The Morgan fingerprint density at radius 1 is 1.14 bits per heavy atom. The number of benzene rings is 1. The van der Waals surface area contributed by atoms with Crippen molar-refractivity contribution in [3.8, 4) is 0 Å². The lowest BCUT2D eigenvalue weighted by atomic mass is 9.95. The van der Waals surface area contributed by atoms with E-state index in [0.29, 0.717) is 24.3 Å². The fourth-order valence-corrected chi connectivity index (χ4v) is 3.13. The summed E-state index contributed by atoms with van der Waals surface area (Å²) >= 11 is 0. The van der Waals surface area contributed by atoms with Crippen LogP contribution in [0.5, 0.6) is 0 Å². The van der Waals surface area contributed by atoms with Crippen molar-refractivity contribution in [1.82, 2.24) is 15.3 Å². The number of rotatable bonds is 6. The maximum absolute atomic E-state index is 12.7. The summed E-state index contributed by atoms with van der Waals surface area (Å²) in [4.78, 5) is 35.5. The van der Waals surface area contributed by atoms with Crippen LogP contribution in [0.1, 0.15) is 23.2 Å². The van der Waals surface area contributed by atoms with Gasteiger partial charge in [0.05, 0.1) is 17.4 Å². The molecule has 29 heavy (non-hydrogen) atoms. The number of nitrogens with one attached hydrogen (secondary N) is 2. The van der Waals surface area contributed by atoms with E-state index >= 15 is 0 Å².